The normalized spacial score (nSPS) is 25.1. The van der Waals surface area contributed by atoms with Gasteiger partial charge >= 0.3 is 0 Å². The van der Waals surface area contributed by atoms with Crippen molar-refractivity contribution in [2.75, 3.05) is 20.6 Å². The molecule has 0 unspecified atom stereocenters. The highest BCUT2D eigenvalue weighted by atomic mass is 15.2. The predicted molar refractivity (Wildman–Crippen MR) is 62.9 cm³/mol. The average Bonchev–Trinajstić information content (AvgIpc) is 2.89. The number of guanidine groups is 1. The van der Waals surface area contributed by atoms with E-state index in [0.29, 0.717) is 17.5 Å². The van der Waals surface area contributed by atoms with E-state index in [1.54, 1.807) is 0 Å². The zero-order valence-corrected chi connectivity index (χ0v) is 9.79. The molecule has 0 spiro atoms. The van der Waals surface area contributed by atoms with Gasteiger partial charge in [-0.15, -0.1) is 0 Å². The fourth-order valence-electron chi connectivity index (χ4n) is 1.93. The van der Waals surface area contributed by atoms with Crippen molar-refractivity contribution in [2.45, 2.75) is 43.7 Å². The van der Waals surface area contributed by atoms with Crippen molar-refractivity contribution < 1.29 is 0 Å². The van der Waals surface area contributed by atoms with E-state index in [9.17, 15) is 0 Å². The Labute approximate surface area is 91.9 Å². The van der Waals surface area contributed by atoms with E-state index >= 15 is 0 Å². The lowest BCUT2D eigenvalue weighted by Crippen LogP contribution is -2.44. The summed E-state index contributed by atoms with van der Waals surface area (Å²) in [6.45, 7) is 0.839. The third-order valence-electron chi connectivity index (χ3n) is 3.78. The predicted octanol–water partition coefficient (Wildman–Crippen LogP) is 0.537. The van der Waals surface area contributed by atoms with E-state index in [-0.39, 0.29) is 0 Å². The molecule has 0 aliphatic heterocycles. The molecule has 2 rings (SSSR count). The molecule has 0 aromatic rings. The van der Waals surface area contributed by atoms with Crippen molar-refractivity contribution in [2.24, 2.45) is 10.7 Å². The number of aliphatic imine (C=N–C) groups is 1. The van der Waals surface area contributed by atoms with Gasteiger partial charge in [-0.1, -0.05) is 0 Å². The third-order valence-corrected chi connectivity index (χ3v) is 3.78. The monoisotopic (exact) mass is 210 g/mol. The Kier molecular flexibility index (Phi) is 2.87. The summed E-state index contributed by atoms with van der Waals surface area (Å²) in [4.78, 5) is 6.71. The highest BCUT2D eigenvalue weighted by Gasteiger charge is 2.44. The van der Waals surface area contributed by atoms with Gasteiger partial charge in [-0.05, 0) is 46.2 Å². The van der Waals surface area contributed by atoms with Crippen molar-refractivity contribution in [3.05, 3.63) is 0 Å². The molecule has 0 bridgehead atoms. The average molecular weight is 210 g/mol. The third kappa shape index (κ3) is 2.43. The van der Waals surface area contributed by atoms with Crippen molar-refractivity contribution in [3.8, 4) is 0 Å². The number of likely N-dealkylation sites (N-methyl/N-ethyl adjacent to an activating group) is 1. The van der Waals surface area contributed by atoms with Crippen molar-refractivity contribution >= 4 is 5.96 Å². The lowest BCUT2D eigenvalue weighted by molar-refractivity contribution is 0.278. The van der Waals surface area contributed by atoms with Crippen LogP contribution in [0.25, 0.3) is 0 Å². The Morgan fingerprint density at radius 3 is 2.53 bits per heavy atom. The second kappa shape index (κ2) is 4.00. The quantitative estimate of drug-likeness (QED) is 0.526. The molecule has 0 saturated heterocycles. The molecule has 2 saturated carbocycles. The maximum absolute atomic E-state index is 5.84. The molecule has 4 heteroatoms. The molecule has 0 atom stereocenters. The van der Waals surface area contributed by atoms with Crippen molar-refractivity contribution in [1.82, 2.24) is 10.2 Å². The van der Waals surface area contributed by atoms with Crippen LogP contribution in [-0.4, -0.2) is 43.1 Å². The standard InChI is InChI=1S/C11H22N4/c1-15(2)11(6-7-11)8-13-10(12)14-9-4-3-5-9/h9H,3-8H2,1-2H3,(H3,12,13,14). The van der Waals surface area contributed by atoms with Gasteiger partial charge in [-0.3, -0.25) is 4.99 Å². The Hall–Kier alpha value is -0.770. The second-order valence-corrected chi connectivity index (χ2v) is 5.09. The number of rotatable bonds is 4. The van der Waals surface area contributed by atoms with E-state index in [2.05, 4.69) is 29.3 Å². The maximum atomic E-state index is 5.84. The molecule has 0 aromatic carbocycles. The number of nitrogens with zero attached hydrogens (tertiary/aromatic N) is 2. The molecule has 0 radical (unpaired) electrons. The van der Waals surface area contributed by atoms with E-state index in [0.717, 1.165) is 6.54 Å². The number of nitrogens with two attached hydrogens (primary N) is 1. The Morgan fingerprint density at radius 1 is 1.47 bits per heavy atom. The molecule has 3 N–H and O–H groups in total. The topological polar surface area (TPSA) is 53.6 Å². The molecular formula is C11H22N4. The molecule has 0 aromatic heterocycles. The first-order chi connectivity index (χ1) is 7.12. The Morgan fingerprint density at radius 2 is 2.13 bits per heavy atom. The molecule has 4 nitrogen and oxygen atoms in total. The molecule has 2 aliphatic rings. The van der Waals surface area contributed by atoms with Crippen LogP contribution in [0, 0.1) is 0 Å². The largest absolute Gasteiger partial charge is 0.370 e. The summed E-state index contributed by atoms with van der Waals surface area (Å²) in [5, 5.41) is 3.26. The summed E-state index contributed by atoms with van der Waals surface area (Å²) in [6.07, 6.45) is 6.32. The minimum atomic E-state index is 0.311. The fraction of sp³-hybridized carbons (Fsp3) is 0.909. The SMILES string of the molecule is CN(C)C1(CN=C(N)NC2CCC2)CC1. The van der Waals surface area contributed by atoms with E-state index in [1.807, 2.05) is 0 Å². The van der Waals surface area contributed by atoms with Gasteiger partial charge in [0.15, 0.2) is 5.96 Å². The smallest absolute Gasteiger partial charge is 0.188 e. The van der Waals surface area contributed by atoms with E-state index in [4.69, 9.17) is 5.73 Å². The van der Waals surface area contributed by atoms with Crippen LogP contribution in [0.1, 0.15) is 32.1 Å². The van der Waals surface area contributed by atoms with Crippen LogP contribution in [0.15, 0.2) is 4.99 Å². The molecule has 15 heavy (non-hydrogen) atoms. The number of hydrogen-bond donors (Lipinski definition) is 2. The summed E-state index contributed by atoms with van der Waals surface area (Å²) in [7, 11) is 4.25. The second-order valence-electron chi connectivity index (χ2n) is 5.09. The van der Waals surface area contributed by atoms with E-state index < -0.39 is 0 Å². The minimum Gasteiger partial charge on any atom is -0.370 e. The van der Waals surface area contributed by atoms with Crippen LogP contribution in [0.4, 0.5) is 0 Å². The number of nitrogens with one attached hydrogen (secondary N) is 1. The van der Waals surface area contributed by atoms with Gasteiger partial charge in [-0.25, -0.2) is 0 Å². The van der Waals surface area contributed by atoms with Gasteiger partial charge in [-0.2, -0.15) is 0 Å². The summed E-state index contributed by atoms with van der Waals surface area (Å²) >= 11 is 0. The zero-order chi connectivity index (χ0) is 10.9. The highest BCUT2D eigenvalue weighted by Crippen LogP contribution is 2.40. The first kappa shape index (κ1) is 10.7. The molecular weight excluding hydrogens is 188 g/mol. The van der Waals surface area contributed by atoms with Crippen LogP contribution in [0.5, 0.6) is 0 Å². The van der Waals surface area contributed by atoms with Gasteiger partial charge in [0.25, 0.3) is 0 Å². The van der Waals surface area contributed by atoms with Gasteiger partial charge < -0.3 is 16.0 Å². The number of hydrogen-bond acceptors (Lipinski definition) is 2. The highest BCUT2D eigenvalue weighted by molar-refractivity contribution is 5.78. The van der Waals surface area contributed by atoms with Crippen LogP contribution < -0.4 is 11.1 Å². The van der Waals surface area contributed by atoms with Gasteiger partial charge in [0.05, 0.1) is 6.54 Å². The fourth-order valence-corrected chi connectivity index (χ4v) is 1.93. The summed E-state index contributed by atoms with van der Waals surface area (Å²) in [5.41, 5.74) is 6.15. The lowest BCUT2D eigenvalue weighted by Gasteiger charge is -2.27. The maximum Gasteiger partial charge on any atom is 0.188 e. The van der Waals surface area contributed by atoms with Gasteiger partial charge in [0.1, 0.15) is 0 Å². The molecule has 0 amide bonds. The van der Waals surface area contributed by atoms with Crippen LogP contribution in [-0.2, 0) is 0 Å². The molecule has 0 heterocycles. The minimum absolute atomic E-state index is 0.311. The first-order valence-electron chi connectivity index (χ1n) is 5.86. The summed E-state index contributed by atoms with van der Waals surface area (Å²) in [6, 6.07) is 0.586. The molecule has 86 valence electrons. The van der Waals surface area contributed by atoms with Crippen molar-refractivity contribution in [1.29, 1.82) is 0 Å². The first-order valence-corrected chi connectivity index (χ1v) is 5.86. The Balaban J connectivity index is 1.77. The van der Waals surface area contributed by atoms with Crippen LogP contribution in [0.2, 0.25) is 0 Å². The van der Waals surface area contributed by atoms with Crippen molar-refractivity contribution in [3.63, 3.8) is 0 Å². The van der Waals surface area contributed by atoms with Crippen LogP contribution >= 0.6 is 0 Å². The van der Waals surface area contributed by atoms with Gasteiger partial charge in [0, 0.05) is 11.6 Å². The lowest BCUT2D eigenvalue weighted by atomic mass is 9.93. The molecule has 2 aliphatic carbocycles. The summed E-state index contributed by atoms with van der Waals surface area (Å²) in [5.74, 6) is 0.632. The van der Waals surface area contributed by atoms with Crippen LogP contribution in [0.3, 0.4) is 0 Å². The summed E-state index contributed by atoms with van der Waals surface area (Å²) < 4.78 is 0. The zero-order valence-electron chi connectivity index (χ0n) is 9.79. The van der Waals surface area contributed by atoms with Gasteiger partial charge in [0.2, 0.25) is 0 Å². The molecule has 2 fully saturated rings. The Bertz CT molecular complexity index is 251. The van der Waals surface area contributed by atoms with E-state index in [1.165, 1.54) is 32.1 Å².